The van der Waals surface area contributed by atoms with Crippen LogP contribution in [0.1, 0.15) is 24.0 Å². The lowest BCUT2D eigenvalue weighted by Gasteiger charge is -2.26. The minimum Gasteiger partial charge on any atom is -0.396 e. The highest BCUT2D eigenvalue weighted by Crippen LogP contribution is 2.17. The Hall–Kier alpha value is -0.900. The Bertz CT molecular complexity index is 348. The van der Waals surface area contributed by atoms with Crippen molar-refractivity contribution in [3.8, 4) is 0 Å². The second kappa shape index (κ2) is 6.15. The summed E-state index contributed by atoms with van der Waals surface area (Å²) in [7, 11) is 0. The molecule has 1 atom stereocenters. The average molecular weight is 235 g/mol. The number of benzene rings is 1. The van der Waals surface area contributed by atoms with Gasteiger partial charge in [0.15, 0.2) is 0 Å². The molecule has 3 nitrogen and oxygen atoms in total. The first-order valence-electron chi connectivity index (χ1n) is 6.29. The van der Waals surface area contributed by atoms with Gasteiger partial charge in [0.2, 0.25) is 0 Å². The molecule has 0 bridgehead atoms. The van der Waals surface area contributed by atoms with E-state index in [0.29, 0.717) is 0 Å². The van der Waals surface area contributed by atoms with Crippen molar-refractivity contribution in [2.75, 3.05) is 32.9 Å². The van der Waals surface area contributed by atoms with Crippen molar-refractivity contribution in [1.82, 2.24) is 4.90 Å². The van der Waals surface area contributed by atoms with Gasteiger partial charge in [-0.3, -0.25) is 4.90 Å². The minimum absolute atomic E-state index is 0.209. The number of aliphatic hydroxyl groups excluding tert-OH is 1. The molecule has 0 aromatic heterocycles. The summed E-state index contributed by atoms with van der Waals surface area (Å²) in [6.45, 7) is 6.95. The molecule has 0 aliphatic carbocycles. The Morgan fingerprint density at radius 3 is 2.82 bits per heavy atom. The largest absolute Gasteiger partial charge is 0.396 e. The smallest absolute Gasteiger partial charge is 0.0594 e. The van der Waals surface area contributed by atoms with Gasteiger partial charge in [-0.25, -0.2) is 0 Å². The van der Waals surface area contributed by atoms with E-state index in [1.165, 1.54) is 11.1 Å². The van der Waals surface area contributed by atoms with E-state index in [1.54, 1.807) is 0 Å². The van der Waals surface area contributed by atoms with E-state index in [4.69, 9.17) is 4.74 Å². The lowest BCUT2D eigenvalue weighted by molar-refractivity contribution is 0.0342. The number of ether oxygens (including phenoxy) is 1. The van der Waals surface area contributed by atoms with Crippen molar-refractivity contribution in [2.24, 2.45) is 0 Å². The van der Waals surface area contributed by atoms with Crippen LogP contribution in [0.4, 0.5) is 0 Å². The van der Waals surface area contributed by atoms with Crippen molar-refractivity contribution in [3.63, 3.8) is 0 Å². The molecule has 3 heteroatoms. The molecule has 1 saturated heterocycles. The highest BCUT2D eigenvalue weighted by Gasteiger charge is 2.11. The van der Waals surface area contributed by atoms with Crippen molar-refractivity contribution in [1.29, 1.82) is 0 Å². The summed E-state index contributed by atoms with van der Waals surface area (Å²) in [5.41, 5.74) is 2.54. The fraction of sp³-hybridized carbons (Fsp3) is 0.571. The van der Waals surface area contributed by atoms with Crippen molar-refractivity contribution >= 4 is 0 Å². The standard InChI is InChI=1S/C14H21NO2/c1-12(11-16)14-4-2-3-13(9-14)10-15-5-7-17-8-6-15/h2-4,9,12,16H,5-8,10-11H2,1H3. The van der Waals surface area contributed by atoms with Crippen LogP contribution in [0.15, 0.2) is 24.3 Å². The second-order valence-electron chi connectivity index (χ2n) is 4.72. The van der Waals surface area contributed by atoms with E-state index in [0.717, 1.165) is 32.8 Å². The molecule has 1 aliphatic rings. The third-order valence-corrected chi connectivity index (χ3v) is 3.30. The topological polar surface area (TPSA) is 32.7 Å². The van der Waals surface area contributed by atoms with Gasteiger partial charge in [0, 0.05) is 32.2 Å². The van der Waals surface area contributed by atoms with Crippen LogP contribution in [0.2, 0.25) is 0 Å². The normalized spacial score (nSPS) is 19.2. The summed E-state index contributed by atoms with van der Waals surface area (Å²) in [5.74, 6) is 0.222. The van der Waals surface area contributed by atoms with Crippen LogP contribution < -0.4 is 0 Å². The maximum Gasteiger partial charge on any atom is 0.0594 e. The second-order valence-corrected chi connectivity index (χ2v) is 4.72. The molecule has 0 amide bonds. The molecule has 0 radical (unpaired) electrons. The van der Waals surface area contributed by atoms with Crippen LogP contribution in [0.25, 0.3) is 0 Å². The maximum atomic E-state index is 9.17. The summed E-state index contributed by atoms with van der Waals surface area (Å²) in [4.78, 5) is 2.41. The molecule has 1 unspecified atom stereocenters. The fourth-order valence-electron chi connectivity index (χ4n) is 2.12. The van der Waals surface area contributed by atoms with Crippen LogP contribution in [-0.4, -0.2) is 42.9 Å². The van der Waals surface area contributed by atoms with Crippen LogP contribution in [0, 0.1) is 0 Å². The summed E-state index contributed by atoms with van der Waals surface area (Å²) >= 11 is 0. The molecule has 1 aromatic carbocycles. The van der Waals surface area contributed by atoms with Gasteiger partial charge < -0.3 is 9.84 Å². The fourth-order valence-corrected chi connectivity index (χ4v) is 2.12. The summed E-state index contributed by atoms with van der Waals surface area (Å²) < 4.78 is 5.34. The lowest BCUT2D eigenvalue weighted by Crippen LogP contribution is -2.35. The Balaban J connectivity index is 2.00. The lowest BCUT2D eigenvalue weighted by atomic mass is 10.00. The molecule has 17 heavy (non-hydrogen) atoms. The number of aliphatic hydroxyl groups is 1. The Morgan fingerprint density at radius 1 is 1.35 bits per heavy atom. The maximum absolute atomic E-state index is 9.17. The van der Waals surface area contributed by atoms with Crippen LogP contribution in [0.3, 0.4) is 0 Å². The highest BCUT2D eigenvalue weighted by atomic mass is 16.5. The third kappa shape index (κ3) is 3.53. The SMILES string of the molecule is CC(CO)c1cccc(CN2CCOCC2)c1. The Labute approximate surface area is 103 Å². The Kier molecular flexibility index (Phi) is 4.54. The van der Waals surface area contributed by atoms with Gasteiger partial charge in [0.1, 0.15) is 0 Å². The zero-order chi connectivity index (χ0) is 12.1. The average Bonchev–Trinajstić information content (AvgIpc) is 2.39. The van der Waals surface area contributed by atoms with Gasteiger partial charge in [0.05, 0.1) is 13.2 Å². The highest BCUT2D eigenvalue weighted by molar-refractivity contribution is 5.26. The van der Waals surface area contributed by atoms with E-state index in [1.807, 2.05) is 6.92 Å². The number of hydrogen-bond acceptors (Lipinski definition) is 3. The van der Waals surface area contributed by atoms with E-state index in [2.05, 4.69) is 29.2 Å². The van der Waals surface area contributed by atoms with Crippen LogP contribution in [0.5, 0.6) is 0 Å². The van der Waals surface area contributed by atoms with Crippen molar-refractivity contribution < 1.29 is 9.84 Å². The van der Waals surface area contributed by atoms with E-state index in [-0.39, 0.29) is 12.5 Å². The number of nitrogens with zero attached hydrogens (tertiary/aromatic N) is 1. The predicted octanol–water partition coefficient (Wildman–Crippen LogP) is 1.61. The molecule has 0 saturated carbocycles. The van der Waals surface area contributed by atoms with Gasteiger partial charge in [-0.05, 0) is 11.1 Å². The van der Waals surface area contributed by atoms with Crippen LogP contribution in [-0.2, 0) is 11.3 Å². The van der Waals surface area contributed by atoms with Gasteiger partial charge in [-0.2, -0.15) is 0 Å². The minimum atomic E-state index is 0.209. The Morgan fingerprint density at radius 2 is 2.12 bits per heavy atom. The first-order chi connectivity index (χ1) is 8.29. The van der Waals surface area contributed by atoms with E-state index < -0.39 is 0 Å². The van der Waals surface area contributed by atoms with Gasteiger partial charge >= 0.3 is 0 Å². The molecule has 1 fully saturated rings. The van der Waals surface area contributed by atoms with Gasteiger partial charge in [0.25, 0.3) is 0 Å². The first kappa shape index (κ1) is 12.6. The van der Waals surface area contributed by atoms with Crippen molar-refractivity contribution in [2.45, 2.75) is 19.4 Å². The zero-order valence-electron chi connectivity index (χ0n) is 10.4. The molecule has 2 rings (SSSR count). The number of morpholine rings is 1. The quantitative estimate of drug-likeness (QED) is 0.860. The monoisotopic (exact) mass is 235 g/mol. The van der Waals surface area contributed by atoms with E-state index in [9.17, 15) is 5.11 Å². The predicted molar refractivity (Wildman–Crippen MR) is 68.0 cm³/mol. The van der Waals surface area contributed by atoms with Crippen LogP contribution >= 0.6 is 0 Å². The third-order valence-electron chi connectivity index (χ3n) is 3.30. The van der Waals surface area contributed by atoms with Gasteiger partial charge in [-0.15, -0.1) is 0 Å². The molecule has 1 heterocycles. The molecular weight excluding hydrogens is 214 g/mol. The number of hydrogen-bond donors (Lipinski definition) is 1. The van der Waals surface area contributed by atoms with E-state index >= 15 is 0 Å². The molecule has 1 aliphatic heterocycles. The molecule has 0 spiro atoms. The summed E-state index contributed by atoms with van der Waals surface area (Å²) in [6, 6.07) is 8.53. The summed E-state index contributed by atoms with van der Waals surface area (Å²) in [5, 5.41) is 9.17. The number of rotatable bonds is 4. The van der Waals surface area contributed by atoms with Gasteiger partial charge in [-0.1, -0.05) is 31.2 Å². The zero-order valence-corrected chi connectivity index (χ0v) is 10.4. The molecular formula is C14H21NO2. The first-order valence-corrected chi connectivity index (χ1v) is 6.29. The molecule has 1 N–H and O–H groups in total. The summed E-state index contributed by atoms with van der Waals surface area (Å²) in [6.07, 6.45) is 0. The molecule has 1 aromatic rings. The van der Waals surface area contributed by atoms with Crippen molar-refractivity contribution in [3.05, 3.63) is 35.4 Å². The molecule has 94 valence electrons.